The summed E-state index contributed by atoms with van der Waals surface area (Å²) in [7, 11) is 0. The van der Waals surface area contributed by atoms with E-state index in [9.17, 15) is 0 Å². The molecule has 1 fully saturated rings. The fourth-order valence-electron chi connectivity index (χ4n) is 1.44. The molecule has 3 aliphatic rings. The molecule has 1 aliphatic heterocycles. The molecule has 2 heteroatoms. The van der Waals surface area contributed by atoms with Crippen LogP contribution >= 0.6 is 0 Å². The third-order valence-electron chi connectivity index (χ3n) is 2.11. The van der Waals surface area contributed by atoms with Gasteiger partial charge in [0, 0.05) is 12.8 Å². The van der Waals surface area contributed by atoms with Crippen molar-refractivity contribution in [3.05, 3.63) is 47.3 Å². The van der Waals surface area contributed by atoms with Crippen molar-refractivity contribution < 1.29 is 9.47 Å². The van der Waals surface area contributed by atoms with Crippen LogP contribution in [0, 0.1) is 0 Å². The van der Waals surface area contributed by atoms with Gasteiger partial charge in [-0.1, -0.05) is 12.2 Å². The smallest absolute Gasteiger partial charge is 0.208 e. The Labute approximate surface area is 70.5 Å². The molecule has 0 aromatic heterocycles. The van der Waals surface area contributed by atoms with Gasteiger partial charge in [-0.05, 0) is 12.2 Å². The molecule has 0 saturated carbocycles. The Morgan fingerprint density at radius 1 is 1.33 bits per heavy atom. The summed E-state index contributed by atoms with van der Waals surface area (Å²) in [6, 6.07) is 0. The molecule has 12 heavy (non-hydrogen) atoms. The minimum Gasteiger partial charge on any atom is -0.461 e. The fraction of sp³-hybridized carbons (Fsp3) is 0.200. The number of fused-ring (bicyclic) bond motifs is 1. The molecule has 1 saturated heterocycles. The lowest BCUT2D eigenvalue weighted by Crippen LogP contribution is -1.89. The van der Waals surface area contributed by atoms with Gasteiger partial charge in [0.25, 0.3) is 0 Å². The molecular weight excluding hydrogens is 152 g/mol. The zero-order valence-corrected chi connectivity index (χ0v) is 6.54. The van der Waals surface area contributed by atoms with E-state index in [1.807, 2.05) is 18.2 Å². The molecular formula is C10H8O2. The van der Waals surface area contributed by atoms with Gasteiger partial charge >= 0.3 is 0 Å². The molecule has 0 radical (unpaired) electrons. The molecule has 0 unspecified atom stereocenters. The molecule has 0 spiro atoms. The Kier molecular flexibility index (Phi) is 1.04. The zero-order chi connectivity index (χ0) is 7.97. The summed E-state index contributed by atoms with van der Waals surface area (Å²) in [6.45, 7) is 0. The largest absolute Gasteiger partial charge is 0.461 e. The highest BCUT2D eigenvalue weighted by atomic mass is 16.6. The molecule has 0 N–H and O–H groups in total. The highest BCUT2D eigenvalue weighted by Crippen LogP contribution is 2.43. The highest BCUT2D eigenvalue weighted by molar-refractivity contribution is 5.44. The maximum Gasteiger partial charge on any atom is 0.208 e. The van der Waals surface area contributed by atoms with E-state index in [1.165, 1.54) is 0 Å². The average Bonchev–Trinajstić information content (AvgIpc) is 2.54. The predicted molar refractivity (Wildman–Crippen MR) is 43.7 cm³/mol. The van der Waals surface area contributed by atoms with Crippen molar-refractivity contribution in [2.24, 2.45) is 0 Å². The Hall–Kier alpha value is -1.44. The van der Waals surface area contributed by atoms with Crippen molar-refractivity contribution in [3.8, 4) is 0 Å². The number of ether oxygens (including phenoxy) is 2. The predicted octanol–water partition coefficient (Wildman–Crippen LogP) is 2.38. The van der Waals surface area contributed by atoms with Gasteiger partial charge in [-0.15, -0.1) is 0 Å². The highest BCUT2D eigenvalue weighted by Gasteiger charge is 2.35. The lowest BCUT2D eigenvalue weighted by Gasteiger charge is -2.05. The second kappa shape index (κ2) is 2.03. The molecule has 3 rings (SSSR count). The van der Waals surface area contributed by atoms with Crippen molar-refractivity contribution in [1.82, 2.24) is 0 Å². The van der Waals surface area contributed by atoms with E-state index >= 15 is 0 Å². The van der Waals surface area contributed by atoms with Crippen molar-refractivity contribution in [1.29, 1.82) is 0 Å². The third kappa shape index (κ3) is 0.811. The molecule has 0 aromatic rings. The standard InChI is InChI=1S/C10H8O2/c1-2-4-7(3-1)11-8-5-6-9-10(8)12-9/h1-3,6H,4-5H2. The number of hydrogen-bond acceptors (Lipinski definition) is 2. The van der Waals surface area contributed by atoms with Crippen molar-refractivity contribution >= 4 is 0 Å². The van der Waals surface area contributed by atoms with E-state index in [0.717, 1.165) is 35.9 Å². The van der Waals surface area contributed by atoms with Gasteiger partial charge < -0.3 is 9.47 Å². The molecule has 0 amide bonds. The van der Waals surface area contributed by atoms with Gasteiger partial charge in [-0.2, -0.15) is 0 Å². The second-order valence-corrected chi connectivity index (χ2v) is 2.99. The van der Waals surface area contributed by atoms with Gasteiger partial charge in [-0.25, -0.2) is 0 Å². The van der Waals surface area contributed by atoms with Crippen LogP contribution in [0.1, 0.15) is 12.8 Å². The molecule has 2 nitrogen and oxygen atoms in total. The minimum absolute atomic E-state index is 0.891. The first kappa shape index (κ1) is 6.12. The summed E-state index contributed by atoms with van der Waals surface area (Å²) in [5.74, 6) is 3.96. The van der Waals surface area contributed by atoms with E-state index in [1.54, 1.807) is 0 Å². The van der Waals surface area contributed by atoms with Crippen LogP contribution in [0.4, 0.5) is 0 Å². The molecule has 60 valence electrons. The first-order chi connectivity index (χ1) is 5.93. The quantitative estimate of drug-likeness (QED) is 0.578. The Morgan fingerprint density at radius 3 is 2.92 bits per heavy atom. The van der Waals surface area contributed by atoms with Crippen molar-refractivity contribution in [2.75, 3.05) is 0 Å². The van der Waals surface area contributed by atoms with Crippen LogP contribution in [0.3, 0.4) is 0 Å². The topological polar surface area (TPSA) is 21.8 Å². The van der Waals surface area contributed by atoms with Crippen LogP contribution in [0.2, 0.25) is 0 Å². The first-order valence-electron chi connectivity index (χ1n) is 4.08. The van der Waals surface area contributed by atoms with E-state index in [-0.39, 0.29) is 0 Å². The molecule has 0 aromatic carbocycles. The summed E-state index contributed by atoms with van der Waals surface area (Å²) in [4.78, 5) is 0. The summed E-state index contributed by atoms with van der Waals surface area (Å²) in [6.07, 6.45) is 9.94. The lowest BCUT2D eigenvalue weighted by molar-refractivity contribution is 0.282. The maximum absolute atomic E-state index is 5.63. The van der Waals surface area contributed by atoms with E-state index in [4.69, 9.17) is 9.47 Å². The summed E-state index contributed by atoms with van der Waals surface area (Å²) in [5.41, 5.74) is 0. The molecule has 0 atom stereocenters. The minimum atomic E-state index is 0.891. The Bertz CT molecular complexity index is 356. The van der Waals surface area contributed by atoms with Crippen LogP contribution in [0.5, 0.6) is 0 Å². The zero-order valence-electron chi connectivity index (χ0n) is 6.54. The number of epoxide rings is 1. The number of allylic oxidation sites excluding steroid dienone is 4. The molecule has 2 aliphatic carbocycles. The van der Waals surface area contributed by atoms with Crippen LogP contribution < -0.4 is 0 Å². The normalized spacial score (nSPS) is 23.3. The first-order valence-corrected chi connectivity index (χ1v) is 4.08. The monoisotopic (exact) mass is 160 g/mol. The summed E-state index contributed by atoms with van der Waals surface area (Å²) in [5, 5.41) is 0. The Morgan fingerprint density at radius 2 is 2.33 bits per heavy atom. The van der Waals surface area contributed by atoms with Gasteiger partial charge in [0.15, 0.2) is 11.5 Å². The van der Waals surface area contributed by atoms with Gasteiger partial charge in [0.05, 0.1) is 0 Å². The van der Waals surface area contributed by atoms with Crippen molar-refractivity contribution in [2.45, 2.75) is 12.8 Å². The maximum atomic E-state index is 5.63. The fourth-order valence-corrected chi connectivity index (χ4v) is 1.44. The number of hydrogen-bond donors (Lipinski definition) is 0. The SMILES string of the molecule is C1=CCC(OC2=C3OC3=CC2)=C1. The van der Waals surface area contributed by atoms with Crippen molar-refractivity contribution in [3.63, 3.8) is 0 Å². The molecule has 1 heterocycles. The van der Waals surface area contributed by atoms with E-state index in [2.05, 4.69) is 6.08 Å². The number of rotatable bonds is 2. The van der Waals surface area contributed by atoms with Crippen LogP contribution in [0.15, 0.2) is 47.3 Å². The van der Waals surface area contributed by atoms with Gasteiger partial charge in [0.2, 0.25) is 5.76 Å². The summed E-state index contributed by atoms with van der Waals surface area (Å²) >= 11 is 0. The second-order valence-electron chi connectivity index (χ2n) is 2.99. The summed E-state index contributed by atoms with van der Waals surface area (Å²) < 4.78 is 10.8. The van der Waals surface area contributed by atoms with Crippen LogP contribution in [0.25, 0.3) is 0 Å². The van der Waals surface area contributed by atoms with Gasteiger partial charge in [-0.3, -0.25) is 0 Å². The van der Waals surface area contributed by atoms with Gasteiger partial charge in [0.1, 0.15) is 5.76 Å². The third-order valence-corrected chi connectivity index (χ3v) is 2.11. The Balaban J connectivity index is 1.74. The average molecular weight is 160 g/mol. The lowest BCUT2D eigenvalue weighted by atomic mass is 10.4. The van der Waals surface area contributed by atoms with E-state index < -0.39 is 0 Å². The van der Waals surface area contributed by atoms with E-state index in [0.29, 0.717) is 0 Å². The van der Waals surface area contributed by atoms with Crippen LogP contribution in [-0.4, -0.2) is 0 Å². The molecule has 0 bridgehead atoms. The van der Waals surface area contributed by atoms with Crippen LogP contribution in [-0.2, 0) is 9.47 Å².